The molecule has 6 rings (SSSR count). The van der Waals surface area contributed by atoms with Crippen LogP contribution in [0.2, 0.25) is 0 Å². The number of allylic oxidation sites excluding steroid dienone is 1. The molecule has 0 aliphatic carbocycles. The van der Waals surface area contributed by atoms with Gasteiger partial charge in [0.05, 0.1) is 11.4 Å². The minimum absolute atomic E-state index is 0.187. The highest BCUT2D eigenvalue weighted by Gasteiger charge is 2.31. The SMILES string of the molecule is CN1CCC(/C=C(\C#N)C(=O)N2CCC[C@@H](n3nc(-c4ccc(Oc5ccccc5)cc4F)c4c(N)ncnc43)C2)CC1. The molecule has 2 aliphatic heterocycles. The molecular formula is C32H33FN8O2. The van der Waals surface area contributed by atoms with E-state index in [1.807, 2.05) is 24.3 Å². The van der Waals surface area contributed by atoms with Crippen molar-refractivity contribution in [1.29, 1.82) is 5.26 Å². The average molecular weight is 581 g/mol. The Balaban J connectivity index is 1.28. The highest BCUT2D eigenvalue weighted by molar-refractivity contribution is 5.99. The lowest BCUT2D eigenvalue weighted by Crippen LogP contribution is -2.41. The van der Waals surface area contributed by atoms with Gasteiger partial charge in [0.2, 0.25) is 0 Å². The van der Waals surface area contributed by atoms with E-state index < -0.39 is 5.82 Å². The molecule has 2 saturated heterocycles. The summed E-state index contributed by atoms with van der Waals surface area (Å²) in [5.74, 6) is 0.555. The monoisotopic (exact) mass is 580 g/mol. The molecule has 11 heteroatoms. The molecular weight excluding hydrogens is 547 g/mol. The average Bonchev–Trinajstić information content (AvgIpc) is 3.42. The number of halogens is 1. The van der Waals surface area contributed by atoms with Crippen LogP contribution in [0.4, 0.5) is 10.2 Å². The van der Waals surface area contributed by atoms with E-state index in [0.29, 0.717) is 41.3 Å². The van der Waals surface area contributed by atoms with E-state index >= 15 is 4.39 Å². The molecule has 0 spiro atoms. The van der Waals surface area contributed by atoms with Crippen molar-refractivity contribution in [2.75, 3.05) is 39.0 Å². The second kappa shape index (κ2) is 12.2. The summed E-state index contributed by atoms with van der Waals surface area (Å²) in [7, 11) is 2.08. The summed E-state index contributed by atoms with van der Waals surface area (Å²) in [4.78, 5) is 26.1. The van der Waals surface area contributed by atoms with Crippen molar-refractivity contribution in [2.45, 2.75) is 31.7 Å². The Morgan fingerprint density at radius 3 is 2.63 bits per heavy atom. The highest BCUT2D eigenvalue weighted by atomic mass is 19.1. The van der Waals surface area contributed by atoms with Gasteiger partial charge in [-0.2, -0.15) is 10.4 Å². The number of carbonyl (C=O) groups is 1. The number of rotatable bonds is 6. The number of carbonyl (C=O) groups excluding carboxylic acids is 1. The van der Waals surface area contributed by atoms with Gasteiger partial charge in [-0.05, 0) is 76.0 Å². The van der Waals surface area contributed by atoms with E-state index in [4.69, 9.17) is 15.6 Å². The van der Waals surface area contributed by atoms with E-state index in [1.165, 1.54) is 12.4 Å². The van der Waals surface area contributed by atoms with Gasteiger partial charge in [0.15, 0.2) is 5.65 Å². The molecule has 220 valence electrons. The number of hydrogen-bond donors (Lipinski definition) is 1. The number of para-hydroxylation sites is 1. The van der Waals surface area contributed by atoms with Crippen molar-refractivity contribution in [1.82, 2.24) is 29.5 Å². The Morgan fingerprint density at radius 1 is 1.09 bits per heavy atom. The van der Waals surface area contributed by atoms with Gasteiger partial charge < -0.3 is 20.3 Å². The quantitative estimate of drug-likeness (QED) is 0.251. The lowest BCUT2D eigenvalue weighted by Gasteiger charge is -2.33. The van der Waals surface area contributed by atoms with Crippen LogP contribution in [-0.2, 0) is 4.79 Å². The third-order valence-electron chi connectivity index (χ3n) is 8.24. The zero-order chi connectivity index (χ0) is 29.9. The summed E-state index contributed by atoms with van der Waals surface area (Å²) < 4.78 is 23.1. The molecule has 1 atom stereocenters. The number of likely N-dealkylation sites (tertiary alicyclic amines) is 2. The molecule has 2 N–H and O–H groups in total. The Morgan fingerprint density at radius 2 is 1.88 bits per heavy atom. The first-order valence-electron chi connectivity index (χ1n) is 14.5. The molecule has 2 fully saturated rings. The maximum absolute atomic E-state index is 15.6. The van der Waals surface area contributed by atoms with E-state index in [0.717, 1.165) is 38.8 Å². The lowest BCUT2D eigenvalue weighted by molar-refractivity contribution is -0.128. The zero-order valence-electron chi connectivity index (χ0n) is 24.0. The third kappa shape index (κ3) is 5.92. The van der Waals surface area contributed by atoms with Crippen molar-refractivity contribution in [3.63, 3.8) is 0 Å². The van der Waals surface area contributed by atoms with Crippen LogP contribution in [-0.4, -0.2) is 68.7 Å². The van der Waals surface area contributed by atoms with Crippen molar-refractivity contribution < 1.29 is 13.9 Å². The largest absolute Gasteiger partial charge is 0.457 e. The first kappa shape index (κ1) is 28.3. The van der Waals surface area contributed by atoms with Crippen LogP contribution in [0.25, 0.3) is 22.3 Å². The molecule has 2 aromatic carbocycles. The smallest absolute Gasteiger partial charge is 0.264 e. The van der Waals surface area contributed by atoms with Crippen molar-refractivity contribution in [3.8, 4) is 28.8 Å². The van der Waals surface area contributed by atoms with Crippen molar-refractivity contribution in [3.05, 3.63) is 72.3 Å². The van der Waals surface area contributed by atoms with Gasteiger partial charge in [0, 0.05) is 24.7 Å². The molecule has 10 nitrogen and oxygen atoms in total. The summed E-state index contributed by atoms with van der Waals surface area (Å²) in [6.45, 7) is 2.78. The highest BCUT2D eigenvalue weighted by Crippen LogP contribution is 2.36. The standard InChI is InChI=1S/C32H33FN8O2/c1-39-14-11-21(12-15-39)16-22(18-34)32(42)40-13-5-6-23(19-40)41-31-28(30(35)36-20-37-31)29(38-41)26-10-9-25(17-27(26)33)43-24-7-3-2-4-8-24/h2-4,7-10,16-17,20-21,23H,5-6,11-15,19H2,1H3,(H2,35,36,37)/b22-16+/t23-/m1/s1. The first-order chi connectivity index (χ1) is 20.9. The van der Waals surface area contributed by atoms with Crippen LogP contribution in [0, 0.1) is 23.1 Å². The summed E-state index contributed by atoms with van der Waals surface area (Å²) in [6.07, 6.45) is 6.52. The second-order valence-electron chi connectivity index (χ2n) is 11.2. The minimum atomic E-state index is -0.526. The molecule has 2 aliphatic rings. The van der Waals surface area contributed by atoms with Gasteiger partial charge in [0.25, 0.3) is 5.91 Å². The predicted molar refractivity (Wildman–Crippen MR) is 160 cm³/mol. The molecule has 4 heterocycles. The van der Waals surface area contributed by atoms with Gasteiger partial charge in [-0.1, -0.05) is 24.3 Å². The number of anilines is 1. The van der Waals surface area contributed by atoms with Gasteiger partial charge in [-0.25, -0.2) is 19.0 Å². The number of piperidine rings is 2. The fraction of sp³-hybridized carbons (Fsp3) is 0.344. The number of nitrogen functional groups attached to an aromatic ring is 1. The molecule has 1 amide bonds. The number of nitrogens with two attached hydrogens (primary N) is 1. The fourth-order valence-electron chi connectivity index (χ4n) is 5.91. The number of nitriles is 1. The fourth-order valence-corrected chi connectivity index (χ4v) is 5.91. The number of aromatic nitrogens is 4. The predicted octanol–water partition coefficient (Wildman–Crippen LogP) is 4.96. The number of ether oxygens (including phenoxy) is 1. The normalized spacial score (nSPS) is 18.5. The minimum Gasteiger partial charge on any atom is -0.457 e. The number of nitrogens with zero attached hydrogens (tertiary/aromatic N) is 7. The number of benzene rings is 2. The van der Waals surface area contributed by atoms with Crippen LogP contribution in [0.3, 0.4) is 0 Å². The number of amides is 1. The van der Waals surface area contributed by atoms with Gasteiger partial charge in [-0.15, -0.1) is 0 Å². The molecule has 0 bridgehead atoms. The van der Waals surface area contributed by atoms with Crippen LogP contribution in [0.15, 0.2) is 66.5 Å². The zero-order valence-corrected chi connectivity index (χ0v) is 24.0. The second-order valence-corrected chi connectivity index (χ2v) is 11.2. The first-order valence-corrected chi connectivity index (χ1v) is 14.5. The maximum Gasteiger partial charge on any atom is 0.264 e. The van der Waals surface area contributed by atoms with E-state index in [1.54, 1.807) is 33.8 Å². The summed E-state index contributed by atoms with van der Waals surface area (Å²) >= 11 is 0. The Kier molecular flexibility index (Phi) is 8.03. The van der Waals surface area contributed by atoms with Crippen LogP contribution in [0.1, 0.15) is 31.7 Å². The molecule has 43 heavy (non-hydrogen) atoms. The van der Waals surface area contributed by atoms with Crippen LogP contribution < -0.4 is 10.5 Å². The number of fused-ring (bicyclic) bond motifs is 1. The van der Waals surface area contributed by atoms with Crippen molar-refractivity contribution in [2.24, 2.45) is 5.92 Å². The molecule has 4 aromatic rings. The Labute approximate surface area is 249 Å². The summed E-state index contributed by atoms with van der Waals surface area (Å²) in [6, 6.07) is 15.7. The molecule has 0 saturated carbocycles. The Hall–Kier alpha value is -4.82. The van der Waals surface area contributed by atoms with Crippen LogP contribution >= 0.6 is 0 Å². The van der Waals surface area contributed by atoms with E-state index in [-0.39, 0.29) is 34.8 Å². The molecule has 2 aromatic heterocycles. The van der Waals surface area contributed by atoms with E-state index in [9.17, 15) is 10.1 Å². The topological polar surface area (TPSA) is 126 Å². The summed E-state index contributed by atoms with van der Waals surface area (Å²) in [5, 5.41) is 15.1. The van der Waals surface area contributed by atoms with Crippen molar-refractivity contribution >= 4 is 22.8 Å². The van der Waals surface area contributed by atoms with Gasteiger partial charge in [0.1, 0.15) is 46.8 Å². The summed E-state index contributed by atoms with van der Waals surface area (Å²) in [5.41, 5.74) is 7.50. The maximum atomic E-state index is 15.6. The lowest BCUT2D eigenvalue weighted by atomic mass is 9.94. The van der Waals surface area contributed by atoms with E-state index in [2.05, 4.69) is 28.0 Å². The molecule has 0 unspecified atom stereocenters. The Bertz CT molecular complexity index is 1710. The van der Waals surface area contributed by atoms with Gasteiger partial charge >= 0.3 is 0 Å². The van der Waals surface area contributed by atoms with Crippen LogP contribution in [0.5, 0.6) is 11.5 Å². The molecule has 0 radical (unpaired) electrons. The third-order valence-corrected chi connectivity index (χ3v) is 8.24. The number of hydrogen-bond acceptors (Lipinski definition) is 8. The van der Waals surface area contributed by atoms with Gasteiger partial charge in [-0.3, -0.25) is 4.79 Å².